The van der Waals surface area contributed by atoms with Gasteiger partial charge in [-0.1, -0.05) is 0 Å². The van der Waals surface area contributed by atoms with E-state index in [-0.39, 0.29) is 0 Å². The van der Waals surface area contributed by atoms with Crippen LogP contribution in [-0.4, -0.2) is 20.0 Å². The number of halogens is 1. The van der Waals surface area contributed by atoms with Crippen LogP contribution >= 0.6 is 22.9 Å². The normalized spacial score (nSPS) is 8.85. The highest BCUT2D eigenvalue weighted by molar-refractivity contribution is 7.13. The first-order valence-corrected chi connectivity index (χ1v) is 5.22. The molecule has 0 bridgehead atoms. The van der Waals surface area contributed by atoms with Gasteiger partial charge >= 0.3 is 0 Å². The molecule has 0 N–H and O–H groups in total. The summed E-state index contributed by atoms with van der Waals surface area (Å²) in [6.07, 6.45) is 0.834. The Labute approximate surface area is 87.5 Å². The molecule has 0 aliphatic heterocycles. The van der Waals surface area contributed by atoms with Gasteiger partial charge in [0, 0.05) is 18.6 Å². The van der Waals surface area contributed by atoms with Gasteiger partial charge in [0.2, 0.25) is 0 Å². The molecule has 74 valence electrons. The number of ether oxygens (including phenoxy) is 1. The van der Waals surface area contributed by atoms with Gasteiger partial charge in [-0.2, -0.15) is 0 Å². The van der Waals surface area contributed by atoms with Gasteiger partial charge < -0.3 is 4.74 Å². The monoisotopic (exact) mass is 220 g/mol. The van der Waals surface area contributed by atoms with Gasteiger partial charge in [0.1, 0.15) is 0 Å². The van der Waals surface area contributed by atoms with Crippen LogP contribution in [0.2, 0.25) is 0 Å². The van der Waals surface area contributed by atoms with Crippen LogP contribution in [0.4, 0.5) is 0 Å². The number of carbonyl (C=O) groups is 1. The molecule has 0 saturated carbocycles. The van der Waals surface area contributed by atoms with Crippen LogP contribution in [0.1, 0.15) is 21.5 Å². The Kier molecular flexibility index (Phi) is 7.99. The van der Waals surface area contributed by atoms with Crippen LogP contribution < -0.4 is 0 Å². The minimum atomic E-state index is 0.499. The molecule has 1 aromatic heterocycles. The van der Waals surface area contributed by atoms with Crippen molar-refractivity contribution >= 4 is 29.2 Å². The molecule has 1 rings (SSSR count). The molecule has 1 aromatic rings. The fourth-order valence-electron chi connectivity index (χ4n) is 0.530. The number of aldehydes is 1. The number of thiophene rings is 1. The fourth-order valence-corrected chi connectivity index (χ4v) is 1.46. The number of hydrogen-bond acceptors (Lipinski definition) is 3. The second-order valence-electron chi connectivity index (χ2n) is 2.13. The molecule has 2 nitrogen and oxygen atoms in total. The van der Waals surface area contributed by atoms with Crippen molar-refractivity contribution in [3.05, 3.63) is 21.9 Å². The van der Waals surface area contributed by atoms with Crippen LogP contribution in [0.5, 0.6) is 0 Å². The molecule has 0 saturated heterocycles. The molecule has 0 unspecified atom stereocenters. The maximum atomic E-state index is 10.1. The van der Waals surface area contributed by atoms with Crippen molar-refractivity contribution in [3.63, 3.8) is 0 Å². The van der Waals surface area contributed by atoms with E-state index in [1.54, 1.807) is 13.2 Å². The Morgan fingerprint density at radius 1 is 1.62 bits per heavy atom. The molecule has 0 atom stereocenters. The molecular weight excluding hydrogens is 208 g/mol. The third-order valence-electron chi connectivity index (χ3n) is 1.22. The van der Waals surface area contributed by atoms with Crippen LogP contribution in [0.25, 0.3) is 0 Å². The summed E-state index contributed by atoms with van der Waals surface area (Å²) in [5.74, 6) is 0.499. The van der Waals surface area contributed by atoms with Crippen molar-refractivity contribution in [2.24, 2.45) is 0 Å². The van der Waals surface area contributed by atoms with E-state index in [9.17, 15) is 4.79 Å². The number of carbonyl (C=O) groups excluding carboxylic acids is 1. The summed E-state index contributed by atoms with van der Waals surface area (Å²) in [4.78, 5) is 11.9. The molecular formula is C9H13ClO2S. The van der Waals surface area contributed by atoms with Gasteiger partial charge in [-0.15, -0.1) is 22.9 Å². The van der Waals surface area contributed by atoms with Crippen molar-refractivity contribution in [1.82, 2.24) is 0 Å². The average molecular weight is 221 g/mol. The highest BCUT2D eigenvalue weighted by Crippen LogP contribution is 2.15. The first-order valence-electron chi connectivity index (χ1n) is 3.87. The lowest BCUT2D eigenvalue weighted by Crippen LogP contribution is -1.73. The van der Waals surface area contributed by atoms with Gasteiger partial charge in [-0.05, 0) is 19.1 Å². The van der Waals surface area contributed by atoms with Crippen LogP contribution in [0.3, 0.4) is 0 Å². The lowest BCUT2D eigenvalue weighted by molar-refractivity contribution is 0.112. The van der Waals surface area contributed by atoms with E-state index >= 15 is 0 Å². The van der Waals surface area contributed by atoms with E-state index in [0.29, 0.717) is 5.88 Å². The van der Waals surface area contributed by atoms with Gasteiger partial charge in [0.05, 0.1) is 10.8 Å². The molecule has 4 heteroatoms. The maximum Gasteiger partial charge on any atom is 0.160 e. The quantitative estimate of drug-likeness (QED) is 0.578. The van der Waals surface area contributed by atoms with Crippen molar-refractivity contribution in [2.45, 2.75) is 12.8 Å². The summed E-state index contributed by atoms with van der Waals surface area (Å²) in [7, 11) is 1.68. The SMILES string of the molecule is CCOC.O=Cc1ccc(CCl)s1. The minimum absolute atomic E-state index is 0.499. The second kappa shape index (κ2) is 8.23. The standard InChI is InChI=1S/C6H5ClOS.C3H8O/c7-3-5-1-2-6(4-8)9-5;1-3-4-2/h1-2,4H,3H2;3H2,1-2H3. The topological polar surface area (TPSA) is 26.3 Å². The zero-order chi connectivity index (χ0) is 10.1. The van der Waals surface area contributed by atoms with Crippen molar-refractivity contribution in [1.29, 1.82) is 0 Å². The Bertz CT molecular complexity index is 233. The Morgan fingerprint density at radius 2 is 2.23 bits per heavy atom. The molecule has 0 spiro atoms. The largest absolute Gasteiger partial charge is 0.385 e. The van der Waals surface area contributed by atoms with E-state index in [1.807, 2.05) is 13.0 Å². The van der Waals surface area contributed by atoms with E-state index in [1.165, 1.54) is 11.3 Å². The lowest BCUT2D eigenvalue weighted by Gasteiger charge is -1.78. The summed E-state index contributed by atoms with van der Waals surface area (Å²) in [5, 5.41) is 0. The van der Waals surface area contributed by atoms with Gasteiger partial charge in [-0.25, -0.2) is 0 Å². The zero-order valence-corrected chi connectivity index (χ0v) is 9.32. The van der Waals surface area contributed by atoms with Crippen molar-refractivity contribution < 1.29 is 9.53 Å². The molecule has 0 aliphatic rings. The molecule has 0 aromatic carbocycles. The van der Waals surface area contributed by atoms with E-state index < -0.39 is 0 Å². The number of methoxy groups -OCH3 is 1. The molecule has 0 radical (unpaired) electrons. The molecule has 0 fully saturated rings. The second-order valence-corrected chi connectivity index (χ2v) is 3.60. The highest BCUT2D eigenvalue weighted by atomic mass is 35.5. The fraction of sp³-hybridized carbons (Fsp3) is 0.444. The molecule has 13 heavy (non-hydrogen) atoms. The van der Waals surface area contributed by atoms with E-state index in [2.05, 4.69) is 4.74 Å². The van der Waals surface area contributed by atoms with Crippen LogP contribution in [0, 0.1) is 0 Å². The minimum Gasteiger partial charge on any atom is -0.385 e. The number of alkyl halides is 1. The zero-order valence-electron chi connectivity index (χ0n) is 7.75. The summed E-state index contributed by atoms with van der Waals surface area (Å²) in [6.45, 7) is 2.78. The summed E-state index contributed by atoms with van der Waals surface area (Å²) >= 11 is 6.92. The summed E-state index contributed by atoms with van der Waals surface area (Å²) < 4.78 is 4.54. The Hall–Kier alpha value is -0.380. The Balaban J connectivity index is 0.000000310. The molecule has 0 amide bonds. The predicted molar refractivity (Wildman–Crippen MR) is 56.8 cm³/mol. The predicted octanol–water partition coefficient (Wildman–Crippen LogP) is 2.95. The third-order valence-corrected chi connectivity index (χ3v) is 2.68. The smallest absolute Gasteiger partial charge is 0.160 e. The van der Waals surface area contributed by atoms with Gasteiger partial charge in [-0.3, -0.25) is 4.79 Å². The average Bonchev–Trinajstić information content (AvgIpc) is 2.66. The van der Waals surface area contributed by atoms with Crippen molar-refractivity contribution in [2.75, 3.05) is 13.7 Å². The Morgan fingerprint density at radius 3 is 2.46 bits per heavy atom. The van der Waals surface area contributed by atoms with Gasteiger partial charge in [0.15, 0.2) is 6.29 Å². The summed E-state index contributed by atoms with van der Waals surface area (Å²) in [5.41, 5.74) is 0. The van der Waals surface area contributed by atoms with Crippen LogP contribution in [-0.2, 0) is 10.6 Å². The maximum absolute atomic E-state index is 10.1. The number of hydrogen-bond donors (Lipinski definition) is 0. The lowest BCUT2D eigenvalue weighted by atomic mass is 10.4. The van der Waals surface area contributed by atoms with E-state index in [0.717, 1.165) is 22.6 Å². The first-order chi connectivity index (χ1) is 6.28. The number of rotatable bonds is 3. The molecule has 0 aliphatic carbocycles. The van der Waals surface area contributed by atoms with Crippen molar-refractivity contribution in [3.8, 4) is 0 Å². The summed E-state index contributed by atoms with van der Waals surface area (Å²) in [6, 6.07) is 3.64. The van der Waals surface area contributed by atoms with E-state index in [4.69, 9.17) is 11.6 Å². The van der Waals surface area contributed by atoms with Gasteiger partial charge in [0.25, 0.3) is 0 Å². The first kappa shape index (κ1) is 12.6. The molecule has 1 heterocycles. The third kappa shape index (κ3) is 5.80. The van der Waals surface area contributed by atoms with Crippen LogP contribution in [0.15, 0.2) is 12.1 Å². The highest BCUT2D eigenvalue weighted by Gasteiger charge is 1.94.